The second kappa shape index (κ2) is 5.96. The third kappa shape index (κ3) is 3.57. The van der Waals surface area contributed by atoms with Crippen molar-refractivity contribution in [3.63, 3.8) is 0 Å². The molecule has 0 aliphatic carbocycles. The molecule has 0 atom stereocenters. The van der Waals surface area contributed by atoms with E-state index in [0.29, 0.717) is 25.9 Å². The normalized spacial score (nSPS) is 19.3. The first kappa shape index (κ1) is 16.3. The van der Waals surface area contributed by atoms with Crippen LogP contribution in [0.2, 0.25) is 0 Å². The number of rotatable bonds is 4. The molecule has 0 amide bonds. The van der Waals surface area contributed by atoms with Gasteiger partial charge in [-0.3, -0.25) is 0 Å². The summed E-state index contributed by atoms with van der Waals surface area (Å²) in [6.07, 6.45) is 1.03. The van der Waals surface area contributed by atoms with Crippen molar-refractivity contribution in [3.8, 4) is 0 Å². The highest BCUT2D eigenvalue weighted by Crippen LogP contribution is 2.25. The van der Waals surface area contributed by atoms with E-state index in [9.17, 15) is 12.8 Å². The fourth-order valence-corrected chi connectivity index (χ4v) is 4.09. The number of hydrogen-bond acceptors (Lipinski definition) is 4. The van der Waals surface area contributed by atoms with Gasteiger partial charge in [0.1, 0.15) is 5.82 Å². The first-order valence-corrected chi connectivity index (χ1v) is 8.42. The summed E-state index contributed by atoms with van der Waals surface area (Å²) in [5, 5.41) is 0. The first-order chi connectivity index (χ1) is 9.75. The SMILES string of the molecule is CN1CCC(NS(=O)(=O)c2ccc(F)cc2)(C(N)=S)CC1. The van der Waals surface area contributed by atoms with Crippen molar-refractivity contribution in [1.29, 1.82) is 0 Å². The van der Waals surface area contributed by atoms with Crippen molar-refractivity contribution in [3.05, 3.63) is 30.1 Å². The van der Waals surface area contributed by atoms with Gasteiger partial charge < -0.3 is 10.6 Å². The molecular formula is C13H18FN3O2S2. The van der Waals surface area contributed by atoms with E-state index in [1.807, 2.05) is 7.05 Å². The van der Waals surface area contributed by atoms with Crippen LogP contribution in [0.15, 0.2) is 29.2 Å². The molecule has 1 aliphatic heterocycles. The van der Waals surface area contributed by atoms with E-state index in [1.54, 1.807) is 0 Å². The van der Waals surface area contributed by atoms with Gasteiger partial charge in [0, 0.05) is 13.1 Å². The molecule has 0 spiro atoms. The van der Waals surface area contributed by atoms with Gasteiger partial charge in [0.15, 0.2) is 0 Å². The zero-order valence-electron chi connectivity index (χ0n) is 11.7. The highest BCUT2D eigenvalue weighted by Gasteiger charge is 2.40. The van der Waals surface area contributed by atoms with Gasteiger partial charge in [0.25, 0.3) is 0 Å². The van der Waals surface area contributed by atoms with Gasteiger partial charge in [-0.25, -0.2) is 12.8 Å². The Kier molecular flexibility index (Phi) is 4.62. The van der Waals surface area contributed by atoms with Gasteiger partial charge in [-0.1, -0.05) is 12.2 Å². The summed E-state index contributed by atoms with van der Waals surface area (Å²) in [7, 11) is -1.84. The largest absolute Gasteiger partial charge is 0.392 e. The van der Waals surface area contributed by atoms with E-state index in [4.69, 9.17) is 18.0 Å². The predicted molar refractivity (Wildman–Crippen MR) is 83.0 cm³/mol. The predicted octanol–water partition coefficient (Wildman–Crippen LogP) is 0.855. The van der Waals surface area contributed by atoms with Crippen molar-refractivity contribution in [1.82, 2.24) is 9.62 Å². The molecule has 0 aromatic heterocycles. The molecule has 3 N–H and O–H groups in total. The molecule has 1 aromatic carbocycles. The van der Waals surface area contributed by atoms with Crippen LogP contribution in [-0.2, 0) is 10.0 Å². The molecule has 5 nitrogen and oxygen atoms in total. The van der Waals surface area contributed by atoms with E-state index in [0.717, 1.165) is 12.1 Å². The van der Waals surface area contributed by atoms with Crippen molar-refractivity contribution in [2.45, 2.75) is 23.3 Å². The Balaban J connectivity index is 2.28. The zero-order valence-corrected chi connectivity index (χ0v) is 13.3. The van der Waals surface area contributed by atoms with Crippen LogP contribution >= 0.6 is 12.2 Å². The standard InChI is InChI=1S/C13H18FN3O2S2/c1-17-8-6-13(7-9-17,12(15)20)16-21(18,19)11-4-2-10(14)3-5-11/h2-5,16H,6-9H2,1H3,(H2,15,20). The Bertz CT molecular complexity index is 623. The summed E-state index contributed by atoms with van der Waals surface area (Å²) < 4.78 is 40.4. The lowest BCUT2D eigenvalue weighted by Crippen LogP contribution is -2.61. The van der Waals surface area contributed by atoms with Crippen LogP contribution in [0.25, 0.3) is 0 Å². The van der Waals surface area contributed by atoms with E-state index in [1.165, 1.54) is 12.1 Å². The molecule has 1 aromatic rings. The number of piperidine rings is 1. The maximum atomic E-state index is 12.9. The highest BCUT2D eigenvalue weighted by atomic mass is 32.2. The minimum atomic E-state index is -3.80. The van der Waals surface area contributed by atoms with E-state index in [2.05, 4.69) is 9.62 Å². The van der Waals surface area contributed by atoms with Gasteiger partial charge in [0.2, 0.25) is 10.0 Å². The molecule has 21 heavy (non-hydrogen) atoms. The van der Waals surface area contributed by atoms with Gasteiger partial charge in [-0.05, 0) is 44.2 Å². The number of nitrogens with two attached hydrogens (primary N) is 1. The molecule has 116 valence electrons. The van der Waals surface area contributed by atoms with Crippen molar-refractivity contribution >= 4 is 27.2 Å². The maximum Gasteiger partial charge on any atom is 0.241 e. The summed E-state index contributed by atoms with van der Waals surface area (Å²) in [6.45, 7) is 1.40. The summed E-state index contributed by atoms with van der Waals surface area (Å²) in [5.41, 5.74) is 4.86. The minimum absolute atomic E-state index is 0.00143. The van der Waals surface area contributed by atoms with Crippen LogP contribution in [0.4, 0.5) is 4.39 Å². The van der Waals surface area contributed by atoms with Gasteiger partial charge in [0.05, 0.1) is 15.4 Å². The van der Waals surface area contributed by atoms with Crippen LogP contribution in [0.5, 0.6) is 0 Å². The Hall–Kier alpha value is -1.09. The van der Waals surface area contributed by atoms with Gasteiger partial charge in [-0.15, -0.1) is 0 Å². The third-order valence-corrected chi connectivity index (χ3v) is 5.71. The molecule has 0 unspecified atom stereocenters. The minimum Gasteiger partial charge on any atom is -0.392 e. The second-order valence-corrected chi connectivity index (χ2v) is 7.43. The first-order valence-electron chi connectivity index (χ1n) is 6.53. The number of nitrogens with one attached hydrogen (secondary N) is 1. The monoisotopic (exact) mass is 331 g/mol. The van der Waals surface area contributed by atoms with Crippen LogP contribution < -0.4 is 10.5 Å². The Morgan fingerprint density at radius 2 is 1.86 bits per heavy atom. The summed E-state index contributed by atoms with van der Waals surface area (Å²) in [4.78, 5) is 2.22. The Morgan fingerprint density at radius 1 is 1.33 bits per heavy atom. The molecule has 8 heteroatoms. The molecule has 1 aliphatic rings. The van der Waals surface area contributed by atoms with E-state index >= 15 is 0 Å². The number of likely N-dealkylation sites (tertiary alicyclic amines) is 1. The molecule has 0 saturated carbocycles. The van der Waals surface area contributed by atoms with Crippen LogP contribution in [0, 0.1) is 5.82 Å². The highest BCUT2D eigenvalue weighted by molar-refractivity contribution is 7.89. The number of benzene rings is 1. The Labute approximate surface area is 129 Å². The van der Waals surface area contributed by atoms with Crippen LogP contribution in [0.3, 0.4) is 0 Å². The number of halogens is 1. The average molecular weight is 331 g/mol. The smallest absolute Gasteiger partial charge is 0.241 e. The molecule has 1 heterocycles. The molecule has 0 bridgehead atoms. The van der Waals surface area contributed by atoms with Crippen molar-refractivity contribution < 1.29 is 12.8 Å². The molecule has 0 radical (unpaired) electrons. The summed E-state index contributed by atoms with van der Waals surface area (Å²) in [5.74, 6) is -0.489. The van der Waals surface area contributed by atoms with Gasteiger partial charge in [-0.2, -0.15) is 4.72 Å². The van der Waals surface area contributed by atoms with Crippen molar-refractivity contribution in [2.75, 3.05) is 20.1 Å². The summed E-state index contributed by atoms with van der Waals surface area (Å²) in [6, 6.07) is 4.66. The number of thiocarbonyl (C=S) groups is 1. The second-order valence-electron chi connectivity index (χ2n) is 5.31. The van der Waals surface area contributed by atoms with E-state index in [-0.39, 0.29) is 9.88 Å². The lowest BCUT2D eigenvalue weighted by atomic mass is 9.89. The number of hydrogen-bond donors (Lipinski definition) is 2. The number of sulfonamides is 1. The molecule has 1 fully saturated rings. The third-order valence-electron chi connectivity index (χ3n) is 3.77. The number of nitrogens with zero attached hydrogens (tertiary/aromatic N) is 1. The molecule has 1 saturated heterocycles. The fraction of sp³-hybridized carbons (Fsp3) is 0.462. The zero-order chi connectivity index (χ0) is 15.7. The lowest BCUT2D eigenvalue weighted by Gasteiger charge is -2.40. The summed E-state index contributed by atoms with van der Waals surface area (Å²) >= 11 is 5.08. The quantitative estimate of drug-likeness (QED) is 0.800. The lowest BCUT2D eigenvalue weighted by molar-refractivity contribution is 0.220. The van der Waals surface area contributed by atoms with Gasteiger partial charge >= 0.3 is 0 Å². The fourth-order valence-electron chi connectivity index (χ4n) is 2.33. The Morgan fingerprint density at radius 3 is 2.33 bits per heavy atom. The maximum absolute atomic E-state index is 12.9. The van der Waals surface area contributed by atoms with Crippen LogP contribution in [0.1, 0.15) is 12.8 Å². The molecular weight excluding hydrogens is 313 g/mol. The molecule has 2 rings (SSSR count). The van der Waals surface area contributed by atoms with Crippen molar-refractivity contribution in [2.24, 2.45) is 5.73 Å². The van der Waals surface area contributed by atoms with E-state index < -0.39 is 21.4 Å². The topological polar surface area (TPSA) is 75.4 Å². The van der Waals surface area contributed by atoms with Crippen LogP contribution in [-0.4, -0.2) is 44.0 Å². The average Bonchev–Trinajstić information content (AvgIpc) is 2.41.